The number of aromatic nitrogens is 1. The molecule has 1 amide bonds. The molecule has 3 rings (SSSR count). The summed E-state index contributed by atoms with van der Waals surface area (Å²) in [6, 6.07) is 12.6. The van der Waals surface area contributed by atoms with E-state index < -0.39 is 0 Å². The fourth-order valence-electron chi connectivity index (χ4n) is 2.09. The molecule has 0 bridgehead atoms. The van der Waals surface area contributed by atoms with Gasteiger partial charge in [-0.25, -0.2) is 4.98 Å². The average molecular weight is 375 g/mol. The van der Waals surface area contributed by atoms with E-state index in [-0.39, 0.29) is 5.91 Å². The molecular weight excluding hydrogens is 356 g/mol. The Morgan fingerprint density at radius 3 is 2.79 bits per heavy atom. The standard InChI is InChI=1S/C18H18N2OS3/c1-13-4-6-14(7-5-13)11-23-18-20-15(12-24-18)9-17(21)19-10-16-3-2-8-22-16/h2-8,12H,9-11H2,1H3,(H,19,21). The van der Waals surface area contributed by atoms with Crippen LogP contribution in [0, 0.1) is 6.92 Å². The normalized spacial score (nSPS) is 10.7. The van der Waals surface area contributed by atoms with Crippen LogP contribution in [0.25, 0.3) is 0 Å². The summed E-state index contributed by atoms with van der Waals surface area (Å²) in [5.41, 5.74) is 3.40. The number of amides is 1. The van der Waals surface area contributed by atoms with Gasteiger partial charge < -0.3 is 5.32 Å². The van der Waals surface area contributed by atoms with E-state index in [9.17, 15) is 4.79 Å². The van der Waals surface area contributed by atoms with Gasteiger partial charge in [0.05, 0.1) is 18.7 Å². The quantitative estimate of drug-likeness (QED) is 0.611. The molecular formula is C18H18N2OS3. The first-order valence-electron chi connectivity index (χ1n) is 7.61. The Hall–Kier alpha value is -1.63. The summed E-state index contributed by atoms with van der Waals surface area (Å²) in [6.07, 6.45) is 0.340. The SMILES string of the molecule is Cc1ccc(CSc2nc(CC(=O)NCc3cccs3)cs2)cc1. The number of thioether (sulfide) groups is 1. The maximum atomic E-state index is 12.0. The van der Waals surface area contributed by atoms with E-state index in [4.69, 9.17) is 0 Å². The molecule has 0 spiro atoms. The lowest BCUT2D eigenvalue weighted by molar-refractivity contribution is -0.120. The third kappa shape index (κ3) is 5.19. The highest BCUT2D eigenvalue weighted by Crippen LogP contribution is 2.26. The van der Waals surface area contributed by atoms with Gasteiger partial charge in [-0.15, -0.1) is 22.7 Å². The zero-order valence-corrected chi connectivity index (χ0v) is 15.8. The second-order valence-corrected chi connectivity index (χ2v) is 8.52. The van der Waals surface area contributed by atoms with Crippen LogP contribution in [0.2, 0.25) is 0 Å². The van der Waals surface area contributed by atoms with Gasteiger partial charge in [-0.05, 0) is 23.9 Å². The van der Waals surface area contributed by atoms with Crippen molar-refractivity contribution in [3.8, 4) is 0 Å². The summed E-state index contributed by atoms with van der Waals surface area (Å²) in [5, 5.41) is 6.92. The molecule has 2 heterocycles. The van der Waals surface area contributed by atoms with Gasteiger partial charge in [0.1, 0.15) is 4.34 Å². The minimum absolute atomic E-state index is 0.0174. The second kappa shape index (κ2) is 8.46. The van der Waals surface area contributed by atoms with Crippen LogP contribution in [0.4, 0.5) is 0 Å². The smallest absolute Gasteiger partial charge is 0.226 e. The van der Waals surface area contributed by atoms with E-state index in [2.05, 4.69) is 41.5 Å². The molecule has 0 saturated heterocycles. The Labute approximate surface area is 154 Å². The van der Waals surface area contributed by atoms with Gasteiger partial charge >= 0.3 is 0 Å². The molecule has 1 N–H and O–H groups in total. The van der Waals surface area contributed by atoms with E-state index in [1.165, 1.54) is 11.1 Å². The number of hydrogen-bond acceptors (Lipinski definition) is 5. The maximum absolute atomic E-state index is 12.0. The van der Waals surface area contributed by atoms with Gasteiger partial charge in [0.25, 0.3) is 0 Å². The molecule has 1 aromatic carbocycles. The van der Waals surface area contributed by atoms with Crippen molar-refractivity contribution in [1.82, 2.24) is 10.3 Å². The molecule has 0 atom stereocenters. The molecule has 0 aliphatic rings. The zero-order valence-electron chi connectivity index (χ0n) is 13.3. The number of carbonyl (C=O) groups is 1. The Morgan fingerprint density at radius 1 is 1.21 bits per heavy atom. The highest BCUT2D eigenvalue weighted by Gasteiger charge is 2.08. The first-order chi connectivity index (χ1) is 11.7. The number of hydrogen-bond donors (Lipinski definition) is 1. The van der Waals surface area contributed by atoms with E-state index in [1.807, 2.05) is 22.9 Å². The number of nitrogens with zero attached hydrogens (tertiary/aromatic N) is 1. The van der Waals surface area contributed by atoms with E-state index in [1.54, 1.807) is 34.4 Å². The minimum Gasteiger partial charge on any atom is -0.351 e. The maximum Gasteiger partial charge on any atom is 0.226 e. The first kappa shape index (κ1) is 17.2. The van der Waals surface area contributed by atoms with E-state index in [0.717, 1.165) is 20.7 Å². The van der Waals surface area contributed by atoms with Crippen molar-refractivity contribution in [1.29, 1.82) is 0 Å². The highest BCUT2D eigenvalue weighted by molar-refractivity contribution is 8.00. The largest absolute Gasteiger partial charge is 0.351 e. The lowest BCUT2D eigenvalue weighted by Gasteiger charge is -2.02. The first-order valence-corrected chi connectivity index (χ1v) is 10.4. The van der Waals surface area contributed by atoms with Crippen LogP contribution in [0.15, 0.2) is 51.5 Å². The summed E-state index contributed by atoms with van der Waals surface area (Å²) in [4.78, 5) is 17.7. The van der Waals surface area contributed by atoms with Crippen molar-refractivity contribution in [3.63, 3.8) is 0 Å². The molecule has 24 heavy (non-hydrogen) atoms. The molecule has 0 aliphatic heterocycles. The van der Waals surface area contributed by atoms with Crippen LogP contribution in [0.5, 0.6) is 0 Å². The fourth-order valence-corrected chi connectivity index (χ4v) is 4.54. The average Bonchev–Trinajstić information content (AvgIpc) is 3.24. The van der Waals surface area contributed by atoms with Crippen molar-refractivity contribution in [2.45, 2.75) is 30.0 Å². The molecule has 2 aromatic heterocycles. The summed E-state index contributed by atoms with van der Waals surface area (Å²) < 4.78 is 1.01. The van der Waals surface area contributed by atoms with Crippen LogP contribution >= 0.6 is 34.4 Å². The van der Waals surface area contributed by atoms with Crippen molar-refractivity contribution in [2.24, 2.45) is 0 Å². The lowest BCUT2D eigenvalue weighted by Crippen LogP contribution is -2.24. The number of thiazole rings is 1. The number of aryl methyl sites for hydroxylation is 1. The topological polar surface area (TPSA) is 42.0 Å². The molecule has 124 valence electrons. The van der Waals surface area contributed by atoms with E-state index in [0.29, 0.717) is 13.0 Å². The molecule has 0 aliphatic carbocycles. The number of thiophene rings is 1. The Kier molecular flexibility index (Phi) is 6.07. The van der Waals surface area contributed by atoms with Crippen molar-refractivity contribution in [2.75, 3.05) is 0 Å². The number of carbonyl (C=O) groups excluding carboxylic acids is 1. The van der Waals surface area contributed by atoms with E-state index >= 15 is 0 Å². The molecule has 6 heteroatoms. The van der Waals surface area contributed by atoms with Gasteiger partial charge in [0.15, 0.2) is 0 Å². The molecule has 3 aromatic rings. The molecule has 0 saturated carbocycles. The minimum atomic E-state index is 0.0174. The highest BCUT2D eigenvalue weighted by atomic mass is 32.2. The zero-order chi connectivity index (χ0) is 16.8. The van der Waals surface area contributed by atoms with Gasteiger partial charge in [-0.1, -0.05) is 47.7 Å². The van der Waals surface area contributed by atoms with Gasteiger partial charge in [0, 0.05) is 16.0 Å². The van der Waals surface area contributed by atoms with Crippen LogP contribution in [0.1, 0.15) is 21.7 Å². The predicted octanol–water partition coefficient (Wildman–Crippen LogP) is 4.66. The summed E-state index contributed by atoms with van der Waals surface area (Å²) in [6.45, 7) is 2.68. The molecule has 0 fully saturated rings. The number of nitrogens with one attached hydrogen (secondary N) is 1. The Balaban J connectivity index is 1.46. The Bertz CT molecular complexity index is 779. The van der Waals surface area contributed by atoms with Crippen molar-refractivity contribution >= 4 is 40.3 Å². The lowest BCUT2D eigenvalue weighted by atomic mass is 10.2. The fraction of sp³-hybridized carbons (Fsp3) is 0.222. The van der Waals surface area contributed by atoms with Crippen molar-refractivity contribution in [3.05, 3.63) is 68.9 Å². The Morgan fingerprint density at radius 2 is 2.04 bits per heavy atom. The summed E-state index contributed by atoms with van der Waals surface area (Å²) in [5.74, 6) is 0.918. The van der Waals surface area contributed by atoms with Crippen LogP contribution < -0.4 is 5.32 Å². The third-order valence-corrected chi connectivity index (χ3v) is 6.41. The molecule has 3 nitrogen and oxygen atoms in total. The molecule has 0 unspecified atom stereocenters. The molecule has 0 radical (unpaired) electrons. The van der Waals surface area contributed by atoms with Gasteiger partial charge in [-0.3, -0.25) is 4.79 Å². The predicted molar refractivity (Wildman–Crippen MR) is 103 cm³/mol. The second-order valence-electron chi connectivity index (χ2n) is 5.41. The van der Waals surface area contributed by atoms with Crippen LogP contribution in [0.3, 0.4) is 0 Å². The third-order valence-electron chi connectivity index (χ3n) is 3.40. The van der Waals surface area contributed by atoms with Crippen LogP contribution in [-0.4, -0.2) is 10.9 Å². The number of benzene rings is 1. The van der Waals surface area contributed by atoms with Gasteiger partial charge in [0.2, 0.25) is 5.91 Å². The van der Waals surface area contributed by atoms with Crippen LogP contribution in [-0.2, 0) is 23.5 Å². The monoisotopic (exact) mass is 374 g/mol. The summed E-state index contributed by atoms with van der Waals surface area (Å²) >= 11 is 4.97. The van der Waals surface area contributed by atoms with Crippen molar-refractivity contribution < 1.29 is 4.79 Å². The summed E-state index contributed by atoms with van der Waals surface area (Å²) in [7, 11) is 0. The van der Waals surface area contributed by atoms with Gasteiger partial charge in [-0.2, -0.15) is 0 Å². The number of rotatable bonds is 7.